The fourth-order valence-electron chi connectivity index (χ4n) is 3.18. The molecule has 0 aliphatic heterocycles. The van der Waals surface area contributed by atoms with Gasteiger partial charge in [0, 0.05) is 18.1 Å². The van der Waals surface area contributed by atoms with E-state index >= 15 is 0 Å². The van der Waals surface area contributed by atoms with Crippen LogP contribution in [0.3, 0.4) is 0 Å². The lowest BCUT2D eigenvalue weighted by molar-refractivity contribution is -0.124. The molecule has 0 unspecified atom stereocenters. The number of aliphatic hydroxyl groups is 1. The minimum Gasteiger partial charge on any atom is -0.490 e. The lowest BCUT2D eigenvalue weighted by atomic mass is 9.95. The van der Waals surface area contributed by atoms with Crippen LogP contribution in [0.5, 0.6) is 11.5 Å². The van der Waals surface area contributed by atoms with Gasteiger partial charge < -0.3 is 25.2 Å². The zero-order chi connectivity index (χ0) is 20.6. The van der Waals surface area contributed by atoms with Gasteiger partial charge in [-0.15, -0.1) is 0 Å². The zero-order valence-electron chi connectivity index (χ0n) is 17.1. The van der Waals surface area contributed by atoms with Crippen LogP contribution in [-0.2, 0) is 11.3 Å². The molecule has 1 aliphatic carbocycles. The summed E-state index contributed by atoms with van der Waals surface area (Å²) in [6.45, 7) is 6.87. The number of benzene rings is 1. The van der Waals surface area contributed by atoms with E-state index in [2.05, 4.69) is 26.6 Å². The Labute approximate surface area is 176 Å². The highest BCUT2D eigenvalue weighted by atomic mass is 79.9. The van der Waals surface area contributed by atoms with Gasteiger partial charge in [0.2, 0.25) is 0 Å². The minimum atomic E-state index is -0.370. The predicted octanol–water partition coefficient (Wildman–Crippen LogP) is 3.54. The Hall–Kier alpha value is -1.31. The molecule has 158 valence electrons. The molecule has 0 atom stereocenters. The maximum Gasteiger partial charge on any atom is 0.258 e. The summed E-state index contributed by atoms with van der Waals surface area (Å²) < 4.78 is 12.3. The molecule has 0 heterocycles. The van der Waals surface area contributed by atoms with Crippen LogP contribution < -0.4 is 20.1 Å². The number of carbonyl (C=O) groups is 1. The minimum absolute atomic E-state index is 0.0374. The Kier molecular flexibility index (Phi) is 9.05. The quantitative estimate of drug-likeness (QED) is 0.501. The highest BCUT2D eigenvalue weighted by molar-refractivity contribution is 9.10. The molecule has 0 bridgehead atoms. The van der Waals surface area contributed by atoms with Crippen LogP contribution in [0.1, 0.15) is 58.4 Å². The van der Waals surface area contributed by atoms with Gasteiger partial charge in [0.15, 0.2) is 18.1 Å². The highest BCUT2D eigenvalue weighted by Crippen LogP contribution is 2.37. The number of halogens is 1. The Balaban J connectivity index is 2.00. The van der Waals surface area contributed by atoms with E-state index in [1.807, 2.05) is 32.9 Å². The first kappa shape index (κ1) is 23.0. The molecule has 7 heteroatoms. The van der Waals surface area contributed by atoms with E-state index in [0.717, 1.165) is 22.9 Å². The van der Waals surface area contributed by atoms with Crippen molar-refractivity contribution in [3.63, 3.8) is 0 Å². The third-order valence-electron chi connectivity index (χ3n) is 4.85. The van der Waals surface area contributed by atoms with Crippen LogP contribution >= 0.6 is 15.9 Å². The summed E-state index contributed by atoms with van der Waals surface area (Å²) in [5, 5.41) is 15.8. The van der Waals surface area contributed by atoms with Crippen molar-refractivity contribution >= 4 is 21.8 Å². The second-order valence-electron chi connectivity index (χ2n) is 7.92. The van der Waals surface area contributed by atoms with Crippen LogP contribution in [0.15, 0.2) is 16.6 Å². The maximum atomic E-state index is 12.3. The van der Waals surface area contributed by atoms with Crippen molar-refractivity contribution in [3.05, 3.63) is 22.2 Å². The molecule has 1 saturated carbocycles. The van der Waals surface area contributed by atoms with E-state index in [0.29, 0.717) is 24.7 Å². The van der Waals surface area contributed by atoms with E-state index in [1.165, 1.54) is 19.3 Å². The lowest BCUT2D eigenvalue weighted by Crippen LogP contribution is -2.42. The second kappa shape index (κ2) is 11.0. The largest absolute Gasteiger partial charge is 0.490 e. The van der Waals surface area contributed by atoms with Gasteiger partial charge in [0.25, 0.3) is 5.91 Å². The number of aliphatic hydroxyl groups excluding tert-OH is 1. The molecule has 28 heavy (non-hydrogen) atoms. The summed E-state index contributed by atoms with van der Waals surface area (Å²) in [7, 11) is 0. The third-order valence-corrected chi connectivity index (χ3v) is 5.44. The van der Waals surface area contributed by atoms with Crippen molar-refractivity contribution in [3.8, 4) is 11.5 Å². The molecule has 3 N–H and O–H groups in total. The Bertz CT molecular complexity index is 646. The monoisotopic (exact) mass is 456 g/mol. The van der Waals surface area contributed by atoms with Gasteiger partial charge in [-0.2, -0.15) is 0 Å². The van der Waals surface area contributed by atoms with Crippen LogP contribution in [0, 0.1) is 0 Å². The standard InChI is InChI=1S/C21H33BrN2O4/c1-4-27-18-11-15(12-23-21(2,3)14-25)10-17(22)20(18)28-13-19(26)24-16-8-6-5-7-9-16/h10-11,16,23,25H,4-9,12-14H2,1-3H3,(H,24,26). The number of amides is 1. The van der Waals surface area contributed by atoms with Crippen molar-refractivity contribution in [2.24, 2.45) is 0 Å². The molecule has 1 aliphatic rings. The number of rotatable bonds is 10. The summed E-state index contributed by atoms with van der Waals surface area (Å²) in [4.78, 5) is 12.3. The summed E-state index contributed by atoms with van der Waals surface area (Å²) in [5.41, 5.74) is 0.626. The van der Waals surface area contributed by atoms with Crippen molar-refractivity contribution in [1.29, 1.82) is 0 Å². The van der Waals surface area contributed by atoms with Crippen LogP contribution in [-0.4, -0.2) is 42.4 Å². The van der Waals surface area contributed by atoms with Crippen molar-refractivity contribution in [2.75, 3.05) is 19.8 Å². The third kappa shape index (κ3) is 7.26. The molecule has 0 spiro atoms. The average Bonchev–Trinajstić information content (AvgIpc) is 2.67. The second-order valence-corrected chi connectivity index (χ2v) is 8.78. The molecule has 1 aromatic rings. The number of ether oxygens (including phenoxy) is 2. The van der Waals surface area contributed by atoms with Gasteiger partial charge in [0.1, 0.15) is 0 Å². The van der Waals surface area contributed by atoms with Crippen molar-refractivity contribution in [1.82, 2.24) is 10.6 Å². The van der Waals surface area contributed by atoms with Gasteiger partial charge in [0.05, 0.1) is 17.7 Å². The molecule has 0 saturated heterocycles. The maximum absolute atomic E-state index is 12.3. The SMILES string of the molecule is CCOc1cc(CNC(C)(C)CO)cc(Br)c1OCC(=O)NC1CCCCC1. The average molecular weight is 457 g/mol. The predicted molar refractivity (Wildman–Crippen MR) is 114 cm³/mol. The first-order chi connectivity index (χ1) is 13.3. The molecule has 1 amide bonds. The molecule has 2 rings (SSSR count). The topological polar surface area (TPSA) is 79.8 Å². The summed E-state index contributed by atoms with van der Waals surface area (Å²) in [6, 6.07) is 4.11. The molecular weight excluding hydrogens is 424 g/mol. The molecule has 6 nitrogen and oxygen atoms in total. The zero-order valence-corrected chi connectivity index (χ0v) is 18.7. The van der Waals surface area contributed by atoms with Crippen LogP contribution in [0.4, 0.5) is 0 Å². The number of hydrogen-bond donors (Lipinski definition) is 3. The fraction of sp³-hybridized carbons (Fsp3) is 0.667. The van der Waals surface area contributed by atoms with Crippen LogP contribution in [0.2, 0.25) is 0 Å². The van der Waals surface area contributed by atoms with E-state index in [9.17, 15) is 9.90 Å². The Morgan fingerprint density at radius 3 is 2.61 bits per heavy atom. The van der Waals surface area contributed by atoms with Gasteiger partial charge in [-0.05, 0) is 67.2 Å². The smallest absolute Gasteiger partial charge is 0.258 e. The first-order valence-corrected chi connectivity index (χ1v) is 10.9. The molecule has 1 fully saturated rings. The highest BCUT2D eigenvalue weighted by Gasteiger charge is 2.19. The number of carbonyl (C=O) groups excluding carboxylic acids is 1. The van der Waals surface area contributed by atoms with Gasteiger partial charge in [-0.1, -0.05) is 19.3 Å². The molecule has 0 aromatic heterocycles. The summed E-state index contributed by atoms with van der Waals surface area (Å²) in [6.07, 6.45) is 5.70. The Morgan fingerprint density at radius 1 is 1.25 bits per heavy atom. The fourth-order valence-corrected chi connectivity index (χ4v) is 3.78. The van der Waals surface area contributed by atoms with Gasteiger partial charge in [-0.25, -0.2) is 0 Å². The Morgan fingerprint density at radius 2 is 1.96 bits per heavy atom. The van der Waals surface area contributed by atoms with E-state index in [1.54, 1.807) is 0 Å². The normalized spacial score (nSPS) is 15.3. The van der Waals surface area contributed by atoms with E-state index in [-0.39, 0.29) is 30.7 Å². The number of hydrogen-bond acceptors (Lipinski definition) is 5. The number of nitrogens with one attached hydrogen (secondary N) is 2. The van der Waals surface area contributed by atoms with E-state index < -0.39 is 0 Å². The van der Waals surface area contributed by atoms with Gasteiger partial charge >= 0.3 is 0 Å². The molecule has 0 radical (unpaired) electrons. The molecule has 1 aromatic carbocycles. The first-order valence-electron chi connectivity index (χ1n) is 10.1. The van der Waals surface area contributed by atoms with Crippen molar-refractivity contribution in [2.45, 2.75) is 71.0 Å². The summed E-state index contributed by atoms with van der Waals surface area (Å²) in [5.74, 6) is 1.03. The lowest BCUT2D eigenvalue weighted by Gasteiger charge is -2.24. The van der Waals surface area contributed by atoms with Crippen LogP contribution in [0.25, 0.3) is 0 Å². The van der Waals surface area contributed by atoms with Crippen molar-refractivity contribution < 1.29 is 19.4 Å². The summed E-state index contributed by atoms with van der Waals surface area (Å²) >= 11 is 3.54. The van der Waals surface area contributed by atoms with Gasteiger partial charge in [-0.3, -0.25) is 4.79 Å². The molecular formula is C21H33BrN2O4. The van der Waals surface area contributed by atoms with E-state index in [4.69, 9.17) is 9.47 Å².